The molecule has 2 aliphatic heterocycles. The third-order valence-corrected chi connectivity index (χ3v) is 6.31. The lowest BCUT2D eigenvalue weighted by Gasteiger charge is -2.32. The molecule has 5 rings (SSSR count). The van der Waals surface area contributed by atoms with Crippen LogP contribution in [0.25, 0.3) is 0 Å². The summed E-state index contributed by atoms with van der Waals surface area (Å²) in [7, 11) is 0. The number of aromatic nitrogens is 1. The van der Waals surface area contributed by atoms with Crippen LogP contribution in [-0.2, 0) is 4.79 Å². The van der Waals surface area contributed by atoms with Gasteiger partial charge in [0.25, 0.3) is 5.91 Å². The first kappa shape index (κ1) is 19.1. The fraction of sp³-hybridized carbons (Fsp3) is 0.458. The number of amides is 2. The van der Waals surface area contributed by atoms with Gasteiger partial charge < -0.3 is 9.64 Å². The number of piperidine rings is 1. The molecule has 2 saturated heterocycles. The van der Waals surface area contributed by atoms with Crippen LogP contribution in [0, 0.1) is 0 Å². The van der Waals surface area contributed by atoms with E-state index in [1.165, 1.54) is 18.4 Å². The summed E-state index contributed by atoms with van der Waals surface area (Å²) in [5.41, 5.74) is 1.98. The van der Waals surface area contributed by atoms with Gasteiger partial charge in [-0.25, -0.2) is 4.98 Å². The molecule has 1 aromatic carbocycles. The average Bonchev–Trinajstić information content (AvgIpc) is 3.55. The Balaban J connectivity index is 1.14. The summed E-state index contributed by atoms with van der Waals surface area (Å²) in [4.78, 5) is 32.6. The van der Waals surface area contributed by atoms with Crippen molar-refractivity contribution in [3.8, 4) is 5.75 Å². The van der Waals surface area contributed by atoms with Gasteiger partial charge in [-0.3, -0.25) is 14.5 Å². The maximum atomic E-state index is 12.8. The summed E-state index contributed by atoms with van der Waals surface area (Å²) < 4.78 is 6.14. The summed E-state index contributed by atoms with van der Waals surface area (Å²) in [5.74, 6) is 2.40. The van der Waals surface area contributed by atoms with Crippen LogP contribution >= 0.6 is 0 Å². The Kier molecular flexibility index (Phi) is 5.15. The Morgan fingerprint density at radius 3 is 2.33 bits per heavy atom. The molecule has 1 aromatic heterocycles. The van der Waals surface area contributed by atoms with Crippen molar-refractivity contribution in [2.45, 2.75) is 50.5 Å². The maximum Gasteiger partial charge on any atom is 0.255 e. The van der Waals surface area contributed by atoms with Crippen LogP contribution in [0.3, 0.4) is 0 Å². The van der Waals surface area contributed by atoms with Crippen LogP contribution in [-0.4, -0.2) is 47.4 Å². The highest BCUT2D eigenvalue weighted by Crippen LogP contribution is 2.40. The molecule has 2 aromatic rings. The second kappa shape index (κ2) is 8.09. The van der Waals surface area contributed by atoms with E-state index in [0.717, 1.165) is 30.9 Å². The Labute approximate surface area is 176 Å². The molecule has 0 spiro atoms. The molecule has 0 bridgehead atoms. The largest absolute Gasteiger partial charge is 0.490 e. The van der Waals surface area contributed by atoms with E-state index < -0.39 is 0 Å². The smallest absolute Gasteiger partial charge is 0.255 e. The molecule has 0 N–H and O–H groups in total. The van der Waals surface area contributed by atoms with E-state index in [9.17, 15) is 9.59 Å². The number of carbonyl (C=O) groups is 2. The molecule has 1 saturated carbocycles. The average molecular weight is 405 g/mol. The minimum Gasteiger partial charge on any atom is -0.490 e. The summed E-state index contributed by atoms with van der Waals surface area (Å²) in [6.07, 6.45) is 7.43. The first-order valence-electron chi connectivity index (χ1n) is 11.0. The standard InChI is InChI=1S/C24H27N3O3/c28-23-2-1-13-27(23)22-10-7-19(16-25-22)24(29)26-14-11-21(12-15-26)30-20-8-5-18(6-9-20)17-3-4-17/h5-10,16-17,21H,1-4,11-15H2. The van der Waals surface area contributed by atoms with Crippen molar-refractivity contribution in [2.75, 3.05) is 24.5 Å². The number of anilines is 1. The highest BCUT2D eigenvalue weighted by molar-refractivity contribution is 5.96. The van der Waals surface area contributed by atoms with Crippen LogP contribution in [0.15, 0.2) is 42.6 Å². The number of hydrogen-bond donors (Lipinski definition) is 0. The molecule has 6 heteroatoms. The fourth-order valence-electron chi connectivity index (χ4n) is 4.35. The maximum absolute atomic E-state index is 12.8. The highest BCUT2D eigenvalue weighted by Gasteiger charge is 2.27. The van der Waals surface area contributed by atoms with Gasteiger partial charge in [0.05, 0.1) is 5.56 Å². The zero-order valence-corrected chi connectivity index (χ0v) is 17.1. The summed E-state index contributed by atoms with van der Waals surface area (Å²) in [6, 6.07) is 12.1. The van der Waals surface area contributed by atoms with Crippen LogP contribution in [0.1, 0.15) is 60.4 Å². The first-order valence-corrected chi connectivity index (χ1v) is 11.0. The molecule has 156 valence electrons. The number of carbonyl (C=O) groups excluding carboxylic acids is 2. The summed E-state index contributed by atoms with van der Waals surface area (Å²) >= 11 is 0. The van der Waals surface area contributed by atoms with Crippen molar-refractivity contribution in [3.05, 3.63) is 53.7 Å². The lowest BCUT2D eigenvalue weighted by atomic mass is 10.1. The molecule has 3 heterocycles. The van der Waals surface area contributed by atoms with Crippen molar-refractivity contribution >= 4 is 17.6 Å². The monoisotopic (exact) mass is 405 g/mol. The van der Waals surface area contributed by atoms with Gasteiger partial charge in [0, 0.05) is 45.1 Å². The number of nitrogens with zero attached hydrogens (tertiary/aromatic N) is 3. The van der Waals surface area contributed by atoms with Gasteiger partial charge in [-0.05, 0) is 55.0 Å². The molecular formula is C24H27N3O3. The Hall–Kier alpha value is -2.89. The van der Waals surface area contributed by atoms with E-state index in [4.69, 9.17) is 4.74 Å². The minimum absolute atomic E-state index is 0.00552. The second-order valence-corrected chi connectivity index (χ2v) is 8.51. The molecule has 0 unspecified atom stereocenters. The zero-order valence-electron chi connectivity index (χ0n) is 17.1. The SMILES string of the molecule is O=C(c1ccc(N2CCCC2=O)nc1)N1CCC(Oc2ccc(C3CC3)cc2)CC1. The van der Waals surface area contributed by atoms with Gasteiger partial charge in [-0.15, -0.1) is 0 Å². The van der Waals surface area contributed by atoms with Gasteiger partial charge in [0.15, 0.2) is 0 Å². The molecule has 0 radical (unpaired) electrons. The number of pyridine rings is 1. The molecule has 3 aliphatic rings. The van der Waals surface area contributed by atoms with Crippen LogP contribution in [0.4, 0.5) is 5.82 Å². The molecular weight excluding hydrogens is 378 g/mol. The number of hydrogen-bond acceptors (Lipinski definition) is 4. The van der Waals surface area contributed by atoms with E-state index >= 15 is 0 Å². The molecule has 3 fully saturated rings. The molecule has 6 nitrogen and oxygen atoms in total. The lowest BCUT2D eigenvalue weighted by molar-refractivity contribution is -0.117. The highest BCUT2D eigenvalue weighted by atomic mass is 16.5. The normalized spacial score (nSPS) is 19.9. The fourth-order valence-corrected chi connectivity index (χ4v) is 4.35. The van der Waals surface area contributed by atoms with Gasteiger partial charge >= 0.3 is 0 Å². The number of benzene rings is 1. The van der Waals surface area contributed by atoms with Gasteiger partial charge in [-0.2, -0.15) is 0 Å². The van der Waals surface area contributed by atoms with Crippen molar-refractivity contribution < 1.29 is 14.3 Å². The quantitative estimate of drug-likeness (QED) is 0.760. The molecule has 30 heavy (non-hydrogen) atoms. The van der Waals surface area contributed by atoms with E-state index in [-0.39, 0.29) is 17.9 Å². The van der Waals surface area contributed by atoms with Crippen LogP contribution < -0.4 is 9.64 Å². The minimum atomic E-state index is -0.00552. The van der Waals surface area contributed by atoms with E-state index in [2.05, 4.69) is 29.2 Å². The van der Waals surface area contributed by atoms with Crippen molar-refractivity contribution in [1.29, 1.82) is 0 Å². The predicted octanol–water partition coefficient (Wildman–Crippen LogP) is 3.77. The van der Waals surface area contributed by atoms with E-state index in [0.29, 0.717) is 37.4 Å². The van der Waals surface area contributed by atoms with Gasteiger partial charge in [0.2, 0.25) is 5.91 Å². The van der Waals surface area contributed by atoms with Crippen LogP contribution in [0.2, 0.25) is 0 Å². The summed E-state index contributed by atoms with van der Waals surface area (Å²) in [6.45, 7) is 2.06. The lowest BCUT2D eigenvalue weighted by Crippen LogP contribution is -2.41. The van der Waals surface area contributed by atoms with Crippen molar-refractivity contribution in [2.24, 2.45) is 0 Å². The van der Waals surface area contributed by atoms with Crippen molar-refractivity contribution in [3.63, 3.8) is 0 Å². The second-order valence-electron chi connectivity index (χ2n) is 8.51. The third kappa shape index (κ3) is 4.04. The van der Waals surface area contributed by atoms with E-state index in [1.807, 2.05) is 4.90 Å². The van der Waals surface area contributed by atoms with Gasteiger partial charge in [-0.1, -0.05) is 12.1 Å². The summed E-state index contributed by atoms with van der Waals surface area (Å²) in [5, 5.41) is 0. The Bertz CT molecular complexity index is 914. The molecule has 0 atom stereocenters. The number of ether oxygens (including phenoxy) is 1. The number of likely N-dealkylation sites (tertiary alicyclic amines) is 1. The Morgan fingerprint density at radius 2 is 1.73 bits per heavy atom. The third-order valence-electron chi connectivity index (χ3n) is 6.31. The molecule has 1 aliphatic carbocycles. The topological polar surface area (TPSA) is 62.7 Å². The van der Waals surface area contributed by atoms with Crippen molar-refractivity contribution in [1.82, 2.24) is 9.88 Å². The zero-order chi connectivity index (χ0) is 20.5. The molecule has 2 amide bonds. The van der Waals surface area contributed by atoms with Crippen LogP contribution in [0.5, 0.6) is 5.75 Å². The Morgan fingerprint density at radius 1 is 0.967 bits per heavy atom. The number of rotatable bonds is 5. The van der Waals surface area contributed by atoms with E-state index in [1.54, 1.807) is 23.2 Å². The van der Waals surface area contributed by atoms with Gasteiger partial charge in [0.1, 0.15) is 17.7 Å². The predicted molar refractivity (Wildman–Crippen MR) is 114 cm³/mol. The first-order chi connectivity index (χ1) is 14.7.